The Kier molecular flexibility index (Phi) is 14.6. The predicted octanol–water partition coefficient (Wildman–Crippen LogP) is 2.73. The van der Waals surface area contributed by atoms with Crippen molar-refractivity contribution in [3.63, 3.8) is 0 Å². The first-order chi connectivity index (χ1) is 16.3. The number of methoxy groups -OCH3 is 1. The first-order valence-electron chi connectivity index (χ1n) is 10.5. The van der Waals surface area contributed by atoms with Crippen LogP contribution in [0.1, 0.15) is 36.1 Å². The fraction of sp³-hybridized carbons (Fsp3) is 0.429. The van der Waals surface area contributed by atoms with Gasteiger partial charge in [0.2, 0.25) is 5.91 Å². The predicted molar refractivity (Wildman–Crippen MR) is 131 cm³/mol. The van der Waals surface area contributed by atoms with E-state index in [0.29, 0.717) is 43.2 Å². The number of nitro groups is 1. The summed E-state index contributed by atoms with van der Waals surface area (Å²) in [6.07, 6.45) is 4.69. The number of esters is 1. The largest absolute Gasteiger partial charge is 0.469 e. The van der Waals surface area contributed by atoms with Crippen LogP contribution in [0.5, 0.6) is 0 Å². The number of nitrogens with one attached hydrogen (secondary N) is 3. The second kappa shape index (κ2) is 17.3. The first kappa shape index (κ1) is 28.8. The number of carbonyl (C=O) groups is 2. The molecule has 0 aliphatic rings. The molecule has 1 aromatic carbocycles. The van der Waals surface area contributed by atoms with E-state index in [4.69, 9.17) is 11.6 Å². The third-order valence-electron chi connectivity index (χ3n) is 4.21. The van der Waals surface area contributed by atoms with E-state index in [2.05, 4.69) is 30.8 Å². The second-order valence-electron chi connectivity index (χ2n) is 6.74. The Hall–Kier alpha value is -3.25. The SMILES string of the molecule is CN/C(=N\[N+](=O)[O-])NCc1cnc(Cl)s1.COC(=O)CCCCC(=O)NCCc1ccccc1. The number of thiazole rings is 1. The molecule has 0 fully saturated rings. The molecule has 0 radical (unpaired) electrons. The highest BCUT2D eigenvalue weighted by Crippen LogP contribution is 2.17. The van der Waals surface area contributed by atoms with Gasteiger partial charge in [-0.05, 0) is 24.8 Å². The van der Waals surface area contributed by atoms with Crippen LogP contribution in [0, 0.1) is 10.1 Å². The number of unbranched alkanes of at least 4 members (excludes halogenated alkanes) is 1. The van der Waals surface area contributed by atoms with Gasteiger partial charge in [-0.15, -0.1) is 11.3 Å². The van der Waals surface area contributed by atoms with Gasteiger partial charge in [0, 0.05) is 37.5 Å². The number of ether oxygens (including phenoxy) is 1. The molecule has 1 heterocycles. The maximum absolute atomic E-state index is 11.5. The lowest BCUT2D eigenvalue weighted by molar-refractivity contribution is -0.485. The van der Waals surface area contributed by atoms with Crippen molar-refractivity contribution in [2.45, 2.75) is 38.6 Å². The molecule has 34 heavy (non-hydrogen) atoms. The minimum Gasteiger partial charge on any atom is -0.469 e. The number of hydrogen-bond acceptors (Lipinski definition) is 7. The third-order valence-corrected chi connectivity index (χ3v) is 5.33. The Morgan fingerprint density at radius 3 is 2.50 bits per heavy atom. The summed E-state index contributed by atoms with van der Waals surface area (Å²) in [5.41, 5.74) is 1.22. The molecular weight excluding hydrogens is 484 g/mol. The molecule has 1 amide bonds. The van der Waals surface area contributed by atoms with Gasteiger partial charge in [0.15, 0.2) is 9.50 Å². The number of aromatic nitrogens is 1. The number of hydrazone groups is 1. The maximum Gasteiger partial charge on any atom is 0.305 e. The van der Waals surface area contributed by atoms with Crippen LogP contribution in [0.15, 0.2) is 41.6 Å². The molecule has 11 nitrogen and oxygen atoms in total. The Balaban J connectivity index is 0.000000350. The fourth-order valence-electron chi connectivity index (χ4n) is 2.53. The van der Waals surface area contributed by atoms with Crippen molar-refractivity contribution < 1.29 is 19.4 Å². The van der Waals surface area contributed by atoms with Crippen molar-refractivity contribution in [3.05, 3.63) is 61.6 Å². The number of halogens is 1. The Labute approximate surface area is 207 Å². The number of rotatable bonds is 11. The lowest BCUT2D eigenvalue weighted by atomic mass is 10.1. The summed E-state index contributed by atoms with van der Waals surface area (Å²) in [4.78, 5) is 37.2. The second-order valence-corrected chi connectivity index (χ2v) is 8.44. The van der Waals surface area contributed by atoms with E-state index in [9.17, 15) is 19.7 Å². The molecule has 13 heteroatoms. The highest BCUT2D eigenvalue weighted by Gasteiger charge is 2.05. The van der Waals surface area contributed by atoms with E-state index in [-0.39, 0.29) is 17.8 Å². The molecule has 0 saturated heterocycles. The van der Waals surface area contributed by atoms with E-state index in [1.54, 1.807) is 6.20 Å². The highest BCUT2D eigenvalue weighted by atomic mass is 35.5. The van der Waals surface area contributed by atoms with E-state index in [1.807, 2.05) is 30.3 Å². The van der Waals surface area contributed by atoms with Gasteiger partial charge in [-0.2, -0.15) is 0 Å². The van der Waals surface area contributed by atoms with Crippen molar-refractivity contribution in [2.24, 2.45) is 5.10 Å². The molecule has 2 aromatic rings. The molecule has 3 N–H and O–H groups in total. The van der Waals surface area contributed by atoms with Crippen molar-refractivity contribution in [2.75, 3.05) is 20.7 Å². The van der Waals surface area contributed by atoms with Crippen LogP contribution >= 0.6 is 22.9 Å². The van der Waals surface area contributed by atoms with E-state index in [1.165, 1.54) is 31.1 Å². The summed E-state index contributed by atoms with van der Waals surface area (Å²) in [6.45, 7) is 1.04. The van der Waals surface area contributed by atoms with E-state index in [0.717, 1.165) is 11.3 Å². The third kappa shape index (κ3) is 14.0. The number of guanidine groups is 1. The molecule has 186 valence electrons. The molecule has 0 spiro atoms. The molecule has 0 aliphatic heterocycles. The van der Waals surface area contributed by atoms with Crippen LogP contribution < -0.4 is 16.0 Å². The molecule has 0 atom stereocenters. The molecule has 0 bridgehead atoms. The quantitative estimate of drug-likeness (QED) is 0.104. The van der Waals surface area contributed by atoms with Gasteiger partial charge in [0.05, 0.1) is 13.7 Å². The Morgan fingerprint density at radius 2 is 1.91 bits per heavy atom. The molecule has 0 saturated carbocycles. The van der Waals surface area contributed by atoms with Crippen LogP contribution in [-0.4, -0.2) is 48.6 Å². The molecule has 0 unspecified atom stereocenters. The lowest BCUT2D eigenvalue weighted by Gasteiger charge is -2.05. The number of amides is 1. The van der Waals surface area contributed by atoms with Crippen molar-refractivity contribution in [3.8, 4) is 0 Å². The summed E-state index contributed by atoms with van der Waals surface area (Å²) in [6, 6.07) is 10.0. The fourth-order valence-corrected chi connectivity index (χ4v) is 3.45. The monoisotopic (exact) mass is 512 g/mol. The van der Waals surface area contributed by atoms with Gasteiger partial charge < -0.3 is 20.7 Å². The maximum atomic E-state index is 11.5. The molecule has 2 rings (SSSR count). The summed E-state index contributed by atoms with van der Waals surface area (Å²) in [7, 11) is 2.91. The van der Waals surface area contributed by atoms with Crippen LogP contribution in [0.25, 0.3) is 0 Å². The van der Waals surface area contributed by atoms with Gasteiger partial charge >= 0.3 is 5.97 Å². The summed E-state index contributed by atoms with van der Waals surface area (Å²) in [5, 5.41) is 20.6. The van der Waals surface area contributed by atoms with Gasteiger partial charge in [-0.25, -0.2) is 15.1 Å². The zero-order chi connectivity index (χ0) is 25.2. The number of benzene rings is 1. The minimum absolute atomic E-state index is 0.0424. The average Bonchev–Trinajstić information content (AvgIpc) is 3.25. The first-order valence-corrected chi connectivity index (χ1v) is 11.7. The topological polar surface area (TPSA) is 148 Å². The van der Waals surface area contributed by atoms with E-state index >= 15 is 0 Å². The van der Waals surface area contributed by atoms with Gasteiger partial charge in [-0.1, -0.05) is 41.9 Å². The van der Waals surface area contributed by atoms with E-state index < -0.39 is 5.03 Å². The average molecular weight is 513 g/mol. The lowest BCUT2D eigenvalue weighted by Crippen LogP contribution is -2.34. The highest BCUT2D eigenvalue weighted by molar-refractivity contribution is 7.15. The zero-order valence-electron chi connectivity index (χ0n) is 19.1. The number of nitrogens with zero attached hydrogens (tertiary/aromatic N) is 3. The smallest absolute Gasteiger partial charge is 0.305 e. The van der Waals surface area contributed by atoms with Crippen LogP contribution in [-0.2, 0) is 27.3 Å². The number of carbonyl (C=O) groups excluding carboxylic acids is 2. The Bertz CT molecular complexity index is 925. The van der Waals surface area contributed by atoms with Crippen LogP contribution in [0.2, 0.25) is 4.47 Å². The summed E-state index contributed by atoms with van der Waals surface area (Å²) >= 11 is 6.92. The molecule has 1 aromatic heterocycles. The number of hydrogen-bond donors (Lipinski definition) is 3. The van der Waals surface area contributed by atoms with Crippen LogP contribution in [0.4, 0.5) is 0 Å². The summed E-state index contributed by atoms with van der Waals surface area (Å²) in [5.74, 6) is -0.0881. The van der Waals surface area contributed by atoms with Gasteiger partial charge in [0.25, 0.3) is 5.96 Å². The minimum atomic E-state index is -0.779. The van der Waals surface area contributed by atoms with Crippen molar-refractivity contribution in [1.82, 2.24) is 20.9 Å². The van der Waals surface area contributed by atoms with Crippen LogP contribution in [0.3, 0.4) is 0 Å². The normalized spacial score (nSPS) is 10.5. The molecule has 0 aliphatic carbocycles. The molecular formula is C21H29ClN6O5S. The zero-order valence-corrected chi connectivity index (χ0v) is 20.7. The summed E-state index contributed by atoms with van der Waals surface area (Å²) < 4.78 is 4.97. The van der Waals surface area contributed by atoms with Crippen molar-refractivity contribution in [1.29, 1.82) is 0 Å². The Morgan fingerprint density at radius 1 is 1.21 bits per heavy atom. The van der Waals surface area contributed by atoms with Gasteiger partial charge in [-0.3, -0.25) is 9.59 Å². The standard InChI is InChI=1S/C15H21NO3.C6H8ClN5O2S/c1-19-15(18)10-6-5-9-14(17)16-12-11-13-7-3-2-4-8-13;1-8-6(11-12(13)14)10-3-4-2-9-5(7)15-4/h2-4,7-8H,5-6,9-12H2,1H3,(H,16,17);2H,3H2,1H3,(H2,8,10,11). The van der Waals surface area contributed by atoms with Crippen molar-refractivity contribution >= 4 is 40.8 Å². The van der Waals surface area contributed by atoms with Gasteiger partial charge in [0.1, 0.15) is 5.10 Å².